The normalized spacial score (nSPS) is 14.0. The maximum absolute atomic E-state index is 5.94. The van der Waals surface area contributed by atoms with Crippen molar-refractivity contribution in [1.29, 1.82) is 0 Å². The molecule has 2 heterocycles. The molecule has 0 saturated carbocycles. The number of nitrogens with two attached hydrogens (primary N) is 1. The summed E-state index contributed by atoms with van der Waals surface area (Å²) in [6, 6.07) is 0. The summed E-state index contributed by atoms with van der Waals surface area (Å²) < 4.78 is 1.60. The average Bonchev–Trinajstić information content (AvgIpc) is 2.71. The van der Waals surface area contributed by atoms with Crippen LogP contribution in [0.25, 0.3) is 5.78 Å². The quantitative estimate of drug-likeness (QED) is 0.694. The van der Waals surface area contributed by atoms with Crippen molar-refractivity contribution < 1.29 is 0 Å². The Morgan fingerprint density at radius 2 is 2.21 bits per heavy atom. The molecule has 2 aromatic rings. The van der Waals surface area contributed by atoms with E-state index in [0.29, 0.717) is 11.6 Å². The van der Waals surface area contributed by atoms with Gasteiger partial charge in [0, 0.05) is 5.56 Å². The molecule has 74 valence electrons. The highest BCUT2D eigenvalue weighted by atomic mass is 35.5. The number of hydrogen-bond acceptors (Lipinski definition) is 4. The Balaban J connectivity index is 0.000000750. The molecule has 0 bridgehead atoms. The van der Waals surface area contributed by atoms with Gasteiger partial charge in [0.1, 0.15) is 12.1 Å². The van der Waals surface area contributed by atoms with Gasteiger partial charge in [0.15, 0.2) is 0 Å². The van der Waals surface area contributed by atoms with Gasteiger partial charge in [-0.25, -0.2) is 4.98 Å². The molecule has 14 heavy (non-hydrogen) atoms. The fourth-order valence-corrected chi connectivity index (χ4v) is 1.86. The largest absolute Gasteiger partial charge is 0.383 e. The Labute approximate surface area is 86.8 Å². The molecule has 1 aliphatic rings. The first-order chi connectivity index (χ1) is 6.36. The van der Waals surface area contributed by atoms with Gasteiger partial charge >= 0.3 is 0 Å². The highest BCUT2D eigenvalue weighted by molar-refractivity contribution is 5.85. The third kappa shape index (κ3) is 1.05. The predicted molar refractivity (Wildman–Crippen MR) is 54.5 cm³/mol. The van der Waals surface area contributed by atoms with Crippen molar-refractivity contribution in [3.8, 4) is 0 Å². The van der Waals surface area contributed by atoms with Gasteiger partial charge < -0.3 is 5.73 Å². The summed E-state index contributed by atoms with van der Waals surface area (Å²) in [6.45, 7) is 0. The van der Waals surface area contributed by atoms with E-state index in [4.69, 9.17) is 5.73 Å². The van der Waals surface area contributed by atoms with Crippen LogP contribution in [-0.2, 0) is 12.8 Å². The maximum atomic E-state index is 5.94. The predicted octanol–water partition coefficient (Wildman–Crippen LogP) is 0.617. The summed E-state index contributed by atoms with van der Waals surface area (Å²) in [6.07, 6.45) is 4.65. The Morgan fingerprint density at radius 3 is 3.07 bits per heavy atom. The molecule has 3 rings (SSSR count). The number of hydrogen-bond donors (Lipinski definition) is 1. The van der Waals surface area contributed by atoms with Crippen LogP contribution in [0.5, 0.6) is 0 Å². The molecule has 0 aromatic carbocycles. The molecule has 6 heteroatoms. The summed E-state index contributed by atoms with van der Waals surface area (Å²) in [5.74, 6) is 1.31. The minimum absolute atomic E-state index is 0. The standard InChI is InChI=1S/C8H9N5.ClH/c9-7-5-2-1-3-6(5)12-8-10-4-11-13(7)8;/h4H,1-3,9H2;1H. The second-order valence-electron chi connectivity index (χ2n) is 3.25. The lowest BCUT2D eigenvalue weighted by atomic mass is 10.2. The molecule has 0 radical (unpaired) electrons. The van der Waals surface area contributed by atoms with E-state index >= 15 is 0 Å². The second-order valence-corrected chi connectivity index (χ2v) is 3.25. The first kappa shape index (κ1) is 9.21. The van der Waals surface area contributed by atoms with Crippen molar-refractivity contribution in [1.82, 2.24) is 19.6 Å². The Kier molecular flexibility index (Phi) is 2.03. The third-order valence-corrected chi connectivity index (χ3v) is 2.49. The van der Waals surface area contributed by atoms with Crippen LogP contribution in [0.3, 0.4) is 0 Å². The lowest BCUT2D eigenvalue weighted by Gasteiger charge is -2.03. The summed E-state index contributed by atoms with van der Waals surface area (Å²) >= 11 is 0. The van der Waals surface area contributed by atoms with Crippen LogP contribution in [0.1, 0.15) is 17.7 Å². The summed E-state index contributed by atoms with van der Waals surface area (Å²) in [5, 5.41) is 4.01. The molecule has 1 aliphatic carbocycles. The van der Waals surface area contributed by atoms with Crippen molar-refractivity contribution in [2.45, 2.75) is 19.3 Å². The minimum atomic E-state index is 0. The minimum Gasteiger partial charge on any atom is -0.383 e. The van der Waals surface area contributed by atoms with Crippen molar-refractivity contribution >= 4 is 24.0 Å². The summed E-state index contributed by atoms with van der Waals surface area (Å²) in [7, 11) is 0. The van der Waals surface area contributed by atoms with Gasteiger partial charge in [0.25, 0.3) is 5.78 Å². The Bertz CT molecular complexity index is 478. The number of nitrogens with zero attached hydrogens (tertiary/aromatic N) is 4. The first-order valence-electron chi connectivity index (χ1n) is 4.33. The number of aryl methyl sites for hydroxylation is 1. The number of rotatable bonds is 0. The molecule has 0 unspecified atom stereocenters. The van der Waals surface area contributed by atoms with E-state index in [0.717, 1.165) is 30.5 Å². The molecular formula is C8H10ClN5. The van der Waals surface area contributed by atoms with Crippen LogP contribution in [-0.4, -0.2) is 19.6 Å². The average molecular weight is 212 g/mol. The molecule has 2 N–H and O–H groups in total. The van der Waals surface area contributed by atoms with Gasteiger partial charge in [-0.2, -0.15) is 14.6 Å². The number of halogens is 1. The highest BCUT2D eigenvalue weighted by Crippen LogP contribution is 2.25. The van der Waals surface area contributed by atoms with Crippen molar-refractivity contribution in [2.24, 2.45) is 0 Å². The van der Waals surface area contributed by atoms with E-state index in [1.807, 2.05) is 0 Å². The molecule has 0 spiro atoms. The fraction of sp³-hybridized carbons (Fsp3) is 0.375. The summed E-state index contributed by atoms with van der Waals surface area (Å²) in [5.41, 5.74) is 8.18. The zero-order chi connectivity index (χ0) is 8.84. The number of fused-ring (bicyclic) bond motifs is 2. The van der Waals surface area contributed by atoms with E-state index in [1.54, 1.807) is 4.52 Å². The van der Waals surface area contributed by atoms with Gasteiger partial charge in [-0.05, 0) is 19.3 Å². The van der Waals surface area contributed by atoms with Crippen LogP contribution in [0, 0.1) is 0 Å². The van der Waals surface area contributed by atoms with E-state index in [1.165, 1.54) is 6.33 Å². The second kappa shape index (κ2) is 3.09. The van der Waals surface area contributed by atoms with Crippen LogP contribution in [0.2, 0.25) is 0 Å². The van der Waals surface area contributed by atoms with E-state index in [2.05, 4.69) is 15.1 Å². The highest BCUT2D eigenvalue weighted by Gasteiger charge is 2.18. The monoisotopic (exact) mass is 211 g/mol. The molecule has 0 aliphatic heterocycles. The smallest absolute Gasteiger partial charge is 0.254 e. The lowest BCUT2D eigenvalue weighted by Crippen LogP contribution is -2.05. The Morgan fingerprint density at radius 1 is 1.36 bits per heavy atom. The van der Waals surface area contributed by atoms with Gasteiger partial charge in [0.05, 0.1) is 5.69 Å². The molecule has 5 nitrogen and oxygen atoms in total. The molecule has 0 fully saturated rings. The van der Waals surface area contributed by atoms with Gasteiger partial charge in [-0.15, -0.1) is 12.4 Å². The topological polar surface area (TPSA) is 69.1 Å². The molecule has 0 saturated heterocycles. The summed E-state index contributed by atoms with van der Waals surface area (Å²) in [4.78, 5) is 8.40. The van der Waals surface area contributed by atoms with Crippen molar-refractivity contribution in [3.05, 3.63) is 17.6 Å². The third-order valence-electron chi connectivity index (χ3n) is 2.49. The fourth-order valence-electron chi connectivity index (χ4n) is 1.86. The zero-order valence-corrected chi connectivity index (χ0v) is 8.29. The van der Waals surface area contributed by atoms with E-state index in [9.17, 15) is 0 Å². The zero-order valence-electron chi connectivity index (χ0n) is 7.47. The lowest BCUT2D eigenvalue weighted by molar-refractivity contribution is 0.901. The Hall–Kier alpha value is -1.36. The number of nitrogen functional groups attached to an aromatic ring is 1. The molecular weight excluding hydrogens is 202 g/mol. The number of aromatic nitrogens is 4. The van der Waals surface area contributed by atoms with Gasteiger partial charge in [-0.1, -0.05) is 0 Å². The van der Waals surface area contributed by atoms with Crippen LogP contribution < -0.4 is 5.73 Å². The van der Waals surface area contributed by atoms with Gasteiger partial charge in [-0.3, -0.25) is 0 Å². The van der Waals surface area contributed by atoms with Crippen LogP contribution in [0.15, 0.2) is 6.33 Å². The van der Waals surface area contributed by atoms with Crippen LogP contribution >= 0.6 is 12.4 Å². The van der Waals surface area contributed by atoms with E-state index < -0.39 is 0 Å². The van der Waals surface area contributed by atoms with Gasteiger partial charge in [0.2, 0.25) is 0 Å². The van der Waals surface area contributed by atoms with Crippen molar-refractivity contribution in [2.75, 3.05) is 5.73 Å². The first-order valence-corrected chi connectivity index (χ1v) is 4.33. The molecule has 2 aromatic heterocycles. The maximum Gasteiger partial charge on any atom is 0.254 e. The number of anilines is 1. The van der Waals surface area contributed by atoms with Crippen LogP contribution in [0.4, 0.5) is 5.82 Å². The SMILES string of the molecule is Cl.Nc1c2c(nc3ncnn13)CCC2. The molecule has 0 amide bonds. The van der Waals surface area contributed by atoms with E-state index in [-0.39, 0.29) is 12.4 Å². The molecule has 0 atom stereocenters. The van der Waals surface area contributed by atoms with Crippen molar-refractivity contribution in [3.63, 3.8) is 0 Å².